The van der Waals surface area contributed by atoms with Gasteiger partial charge >= 0.3 is 0 Å². The van der Waals surface area contributed by atoms with Crippen molar-refractivity contribution in [3.63, 3.8) is 0 Å². The van der Waals surface area contributed by atoms with Gasteiger partial charge in [0, 0.05) is 29.9 Å². The highest BCUT2D eigenvalue weighted by molar-refractivity contribution is 5.53. The van der Waals surface area contributed by atoms with Crippen molar-refractivity contribution >= 4 is 11.4 Å². The molecule has 3 rings (SSSR count). The first-order valence-electron chi connectivity index (χ1n) is 6.46. The summed E-state index contributed by atoms with van der Waals surface area (Å²) in [6.45, 7) is 1.08. The fourth-order valence-corrected chi connectivity index (χ4v) is 2.30. The largest absolute Gasteiger partial charge is 0.497 e. The Bertz CT molecular complexity index is 670. The van der Waals surface area contributed by atoms with Crippen LogP contribution in [0.2, 0.25) is 0 Å². The van der Waals surface area contributed by atoms with E-state index < -0.39 is 4.92 Å². The summed E-state index contributed by atoms with van der Waals surface area (Å²) in [5, 5.41) is 10.7. The lowest BCUT2D eigenvalue weighted by Gasteiger charge is -2.30. The fourth-order valence-electron chi connectivity index (χ4n) is 2.30. The first-order chi connectivity index (χ1) is 10.2. The van der Waals surface area contributed by atoms with Gasteiger partial charge in [-0.1, -0.05) is 0 Å². The molecule has 0 saturated carbocycles. The van der Waals surface area contributed by atoms with E-state index in [0.717, 1.165) is 22.7 Å². The van der Waals surface area contributed by atoms with Gasteiger partial charge in [-0.15, -0.1) is 0 Å². The van der Waals surface area contributed by atoms with Crippen LogP contribution in [-0.4, -0.2) is 18.8 Å². The molecule has 0 amide bonds. The van der Waals surface area contributed by atoms with Crippen molar-refractivity contribution in [3.05, 3.63) is 58.1 Å². The molecular formula is C15H14N2O4. The number of benzene rings is 2. The molecule has 0 aromatic heterocycles. The Balaban J connectivity index is 1.83. The highest BCUT2D eigenvalue weighted by Crippen LogP contribution is 2.31. The molecule has 0 spiro atoms. The monoisotopic (exact) mass is 286 g/mol. The summed E-state index contributed by atoms with van der Waals surface area (Å²) in [7, 11) is 1.62. The van der Waals surface area contributed by atoms with Crippen molar-refractivity contribution in [1.82, 2.24) is 0 Å². The van der Waals surface area contributed by atoms with Crippen LogP contribution in [0.15, 0.2) is 42.5 Å². The molecule has 0 radical (unpaired) electrons. The molecule has 0 bridgehead atoms. The maximum Gasteiger partial charge on any atom is 0.269 e. The minimum Gasteiger partial charge on any atom is -0.497 e. The zero-order valence-electron chi connectivity index (χ0n) is 11.5. The average molecular weight is 286 g/mol. The number of rotatable bonds is 3. The van der Waals surface area contributed by atoms with E-state index in [-0.39, 0.29) is 5.69 Å². The van der Waals surface area contributed by atoms with Crippen LogP contribution < -0.4 is 14.4 Å². The first-order valence-corrected chi connectivity index (χ1v) is 6.46. The molecule has 1 aliphatic rings. The molecule has 0 unspecified atom stereocenters. The molecule has 1 aliphatic heterocycles. The number of methoxy groups -OCH3 is 1. The highest BCUT2D eigenvalue weighted by Gasteiger charge is 2.19. The van der Waals surface area contributed by atoms with Crippen LogP contribution in [-0.2, 0) is 6.54 Å². The fraction of sp³-hybridized carbons (Fsp3) is 0.200. The van der Waals surface area contributed by atoms with Crippen molar-refractivity contribution in [1.29, 1.82) is 0 Å². The lowest BCUT2D eigenvalue weighted by molar-refractivity contribution is -0.384. The second-order valence-corrected chi connectivity index (χ2v) is 4.72. The van der Waals surface area contributed by atoms with Gasteiger partial charge in [-0.05, 0) is 30.3 Å². The third-order valence-corrected chi connectivity index (χ3v) is 3.43. The van der Waals surface area contributed by atoms with Crippen molar-refractivity contribution in [3.8, 4) is 11.5 Å². The summed E-state index contributed by atoms with van der Waals surface area (Å²) in [6.07, 6.45) is 0. The van der Waals surface area contributed by atoms with E-state index in [4.69, 9.17) is 9.47 Å². The topological polar surface area (TPSA) is 64.8 Å². The SMILES string of the molecule is COc1ccc2c(c1)CN(c1ccc([N+](=O)[O-])cc1)CO2. The van der Waals surface area contributed by atoms with E-state index in [0.29, 0.717) is 13.3 Å². The second kappa shape index (κ2) is 5.32. The Hall–Kier alpha value is -2.76. The summed E-state index contributed by atoms with van der Waals surface area (Å²) in [5.74, 6) is 1.62. The molecule has 1 heterocycles. The van der Waals surface area contributed by atoms with E-state index in [1.165, 1.54) is 12.1 Å². The smallest absolute Gasteiger partial charge is 0.269 e. The second-order valence-electron chi connectivity index (χ2n) is 4.72. The van der Waals surface area contributed by atoms with Crippen molar-refractivity contribution in [2.24, 2.45) is 0 Å². The van der Waals surface area contributed by atoms with Gasteiger partial charge in [0.15, 0.2) is 6.73 Å². The lowest BCUT2D eigenvalue weighted by Crippen LogP contribution is -2.31. The van der Waals surface area contributed by atoms with Crippen LogP contribution in [0.1, 0.15) is 5.56 Å². The third kappa shape index (κ3) is 2.60. The zero-order chi connectivity index (χ0) is 14.8. The number of anilines is 1. The third-order valence-electron chi connectivity index (χ3n) is 3.43. The van der Waals surface area contributed by atoms with Crippen LogP contribution in [0, 0.1) is 10.1 Å². The predicted molar refractivity (Wildman–Crippen MR) is 77.8 cm³/mol. The standard InChI is InChI=1S/C15H14N2O4/c1-20-14-6-7-15-11(8-14)9-16(10-21-15)12-2-4-13(5-3-12)17(18)19/h2-8H,9-10H2,1H3. The van der Waals surface area contributed by atoms with Gasteiger partial charge in [0.25, 0.3) is 5.69 Å². The molecule has 108 valence electrons. The number of nitrogens with zero attached hydrogens (tertiary/aromatic N) is 2. The molecular weight excluding hydrogens is 272 g/mol. The van der Waals surface area contributed by atoms with E-state index in [1.54, 1.807) is 19.2 Å². The Morgan fingerprint density at radius 3 is 2.67 bits per heavy atom. The number of hydrogen-bond donors (Lipinski definition) is 0. The molecule has 0 atom stereocenters. The molecule has 6 nitrogen and oxygen atoms in total. The molecule has 2 aromatic rings. The van der Waals surface area contributed by atoms with Gasteiger partial charge in [-0.25, -0.2) is 0 Å². The predicted octanol–water partition coefficient (Wildman–Crippen LogP) is 2.96. The van der Waals surface area contributed by atoms with Gasteiger partial charge in [-0.3, -0.25) is 10.1 Å². The summed E-state index contributed by atoms with van der Waals surface area (Å²) < 4.78 is 10.9. The first kappa shape index (κ1) is 13.2. The van der Waals surface area contributed by atoms with Crippen molar-refractivity contribution < 1.29 is 14.4 Å². The van der Waals surface area contributed by atoms with Crippen LogP contribution >= 0.6 is 0 Å². The number of hydrogen-bond acceptors (Lipinski definition) is 5. The number of nitro groups is 1. The van der Waals surface area contributed by atoms with Crippen LogP contribution in [0.3, 0.4) is 0 Å². The van der Waals surface area contributed by atoms with Gasteiger partial charge in [0.1, 0.15) is 11.5 Å². The summed E-state index contributed by atoms with van der Waals surface area (Å²) in [5.41, 5.74) is 1.99. The normalized spacial score (nSPS) is 13.3. The molecule has 0 aliphatic carbocycles. The van der Waals surface area contributed by atoms with E-state index in [2.05, 4.69) is 0 Å². The van der Waals surface area contributed by atoms with Crippen LogP contribution in [0.5, 0.6) is 11.5 Å². The summed E-state index contributed by atoms with van der Waals surface area (Å²) in [6, 6.07) is 12.1. The number of ether oxygens (including phenoxy) is 2. The minimum atomic E-state index is -0.406. The molecule has 0 fully saturated rings. The molecule has 2 aromatic carbocycles. The highest BCUT2D eigenvalue weighted by atomic mass is 16.6. The zero-order valence-corrected chi connectivity index (χ0v) is 11.5. The van der Waals surface area contributed by atoms with Gasteiger partial charge in [0.2, 0.25) is 0 Å². The molecule has 21 heavy (non-hydrogen) atoms. The summed E-state index contributed by atoms with van der Waals surface area (Å²) in [4.78, 5) is 12.3. The number of nitro benzene ring substituents is 1. The van der Waals surface area contributed by atoms with E-state index >= 15 is 0 Å². The quantitative estimate of drug-likeness (QED) is 0.641. The Morgan fingerprint density at radius 2 is 2.00 bits per heavy atom. The Morgan fingerprint density at radius 1 is 1.24 bits per heavy atom. The van der Waals surface area contributed by atoms with Crippen LogP contribution in [0.4, 0.5) is 11.4 Å². The lowest BCUT2D eigenvalue weighted by atomic mass is 10.1. The Kier molecular flexibility index (Phi) is 3.35. The average Bonchev–Trinajstić information content (AvgIpc) is 2.53. The maximum absolute atomic E-state index is 10.7. The van der Waals surface area contributed by atoms with Crippen molar-refractivity contribution in [2.45, 2.75) is 6.54 Å². The molecule has 6 heteroatoms. The number of fused-ring (bicyclic) bond motifs is 1. The van der Waals surface area contributed by atoms with E-state index in [9.17, 15) is 10.1 Å². The van der Waals surface area contributed by atoms with Crippen molar-refractivity contribution in [2.75, 3.05) is 18.7 Å². The number of non-ortho nitro benzene ring substituents is 1. The van der Waals surface area contributed by atoms with E-state index in [1.807, 2.05) is 23.1 Å². The summed E-state index contributed by atoms with van der Waals surface area (Å²) >= 11 is 0. The van der Waals surface area contributed by atoms with Gasteiger partial charge in [0.05, 0.1) is 12.0 Å². The molecule has 0 saturated heterocycles. The Labute approximate surface area is 121 Å². The molecule has 0 N–H and O–H groups in total. The van der Waals surface area contributed by atoms with Gasteiger partial charge < -0.3 is 14.4 Å². The minimum absolute atomic E-state index is 0.0822. The van der Waals surface area contributed by atoms with Gasteiger partial charge in [-0.2, -0.15) is 0 Å². The maximum atomic E-state index is 10.7. The van der Waals surface area contributed by atoms with Crippen LogP contribution in [0.25, 0.3) is 0 Å².